The Hall–Kier alpha value is -3.07. The number of ether oxygens (including phenoxy) is 2. The van der Waals surface area contributed by atoms with Crippen LogP contribution in [0.5, 0.6) is 11.5 Å². The molecule has 2 aromatic rings. The molecule has 9 heteroatoms. The van der Waals surface area contributed by atoms with E-state index in [2.05, 4.69) is 26.6 Å². The van der Waals surface area contributed by atoms with Gasteiger partial charge >= 0.3 is 6.03 Å². The number of anilines is 1. The first-order chi connectivity index (χ1) is 14.3. The number of hydrogen-bond acceptors (Lipinski definition) is 5. The van der Waals surface area contributed by atoms with Crippen LogP contribution >= 0.6 is 15.9 Å². The second-order valence-electron chi connectivity index (χ2n) is 7.26. The maximum absolute atomic E-state index is 13.2. The topological polar surface area (TPSA) is 97.0 Å². The van der Waals surface area contributed by atoms with Gasteiger partial charge in [-0.05, 0) is 43.7 Å². The molecule has 0 saturated carbocycles. The van der Waals surface area contributed by atoms with Crippen LogP contribution in [0.1, 0.15) is 19.4 Å². The Morgan fingerprint density at radius 3 is 2.63 bits per heavy atom. The molecule has 2 aliphatic rings. The molecule has 0 spiro atoms. The number of rotatable bonds is 4. The van der Waals surface area contributed by atoms with Crippen molar-refractivity contribution in [2.75, 3.05) is 18.5 Å². The van der Waals surface area contributed by atoms with E-state index in [0.717, 1.165) is 9.37 Å². The van der Waals surface area contributed by atoms with Gasteiger partial charge < -0.3 is 20.1 Å². The monoisotopic (exact) mass is 473 g/mol. The van der Waals surface area contributed by atoms with E-state index >= 15 is 0 Å². The third-order valence-electron chi connectivity index (χ3n) is 5.20. The quantitative estimate of drug-likeness (QED) is 0.665. The number of carbonyl (C=O) groups excluding carboxylic acids is 3. The van der Waals surface area contributed by atoms with E-state index in [0.29, 0.717) is 36.0 Å². The largest absolute Gasteiger partial charge is 0.486 e. The fraction of sp³-hybridized carbons (Fsp3) is 0.286. The number of benzene rings is 2. The van der Waals surface area contributed by atoms with Crippen LogP contribution < -0.4 is 20.1 Å². The lowest BCUT2D eigenvalue weighted by molar-refractivity contribution is -0.136. The summed E-state index contributed by atoms with van der Waals surface area (Å²) in [6.45, 7) is 4.04. The van der Waals surface area contributed by atoms with Crippen LogP contribution in [0, 0.1) is 0 Å². The number of amides is 4. The molecule has 0 bridgehead atoms. The fourth-order valence-electron chi connectivity index (χ4n) is 3.49. The molecule has 2 aromatic carbocycles. The molecular formula is C21H20BrN3O5. The number of urea groups is 1. The summed E-state index contributed by atoms with van der Waals surface area (Å²) in [5.41, 5.74) is -0.151. The summed E-state index contributed by atoms with van der Waals surface area (Å²) in [5.74, 6) is 0.152. The second-order valence-corrected chi connectivity index (χ2v) is 8.18. The molecule has 1 saturated heterocycles. The normalized spacial score (nSPS) is 21.2. The molecule has 30 heavy (non-hydrogen) atoms. The smallest absolute Gasteiger partial charge is 0.326 e. The van der Waals surface area contributed by atoms with E-state index in [1.165, 1.54) is 6.92 Å². The molecule has 0 radical (unpaired) electrons. The molecule has 8 nitrogen and oxygen atoms in total. The van der Waals surface area contributed by atoms with Gasteiger partial charge in [0.15, 0.2) is 11.5 Å². The average Bonchev–Trinajstić information content (AvgIpc) is 2.96. The molecule has 0 aliphatic carbocycles. The lowest BCUT2D eigenvalue weighted by Crippen LogP contribution is -2.47. The van der Waals surface area contributed by atoms with E-state index in [1.807, 2.05) is 6.07 Å². The zero-order chi connectivity index (χ0) is 21.5. The molecule has 2 unspecified atom stereocenters. The highest BCUT2D eigenvalue weighted by molar-refractivity contribution is 9.10. The van der Waals surface area contributed by atoms with Crippen molar-refractivity contribution in [1.29, 1.82) is 0 Å². The first-order valence-electron chi connectivity index (χ1n) is 9.42. The Balaban J connectivity index is 1.52. The Morgan fingerprint density at radius 2 is 1.90 bits per heavy atom. The SMILES string of the molecule is CC(C(=O)Nc1ccc2c(c1)OCCO2)N1C(=O)NC(C)(c2cccc(Br)c2)C1=O. The predicted octanol–water partition coefficient (Wildman–Crippen LogP) is 3.01. The van der Waals surface area contributed by atoms with Crippen molar-refractivity contribution in [2.24, 2.45) is 0 Å². The van der Waals surface area contributed by atoms with Crippen molar-refractivity contribution in [3.63, 3.8) is 0 Å². The minimum Gasteiger partial charge on any atom is -0.486 e. The Morgan fingerprint density at radius 1 is 1.17 bits per heavy atom. The van der Waals surface area contributed by atoms with Crippen LogP contribution in [-0.4, -0.2) is 42.0 Å². The maximum atomic E-state index is 13.2. The number of nitrogens with zero attached hydrogens (tertiary/aromatic N) is 1. The van der Waals surface area contributed by atoms with Gasteiger partial charge in [-0.2, -0.15) is 0 Å². The highest BCUT2D eigenvalue weighted by Gasteiger charge is 2.51. The van der Waals surface area contributed by atoms with Gasteiger partial charge in [0.2, 0.25) is 5.91 Å². The van der Waals surface area contributed by atoms with E-state index < -0.39 is 29.4 Å². The molecule has 2 heterocycles. The minimum atomic E-state index is -1.26. The van der Waals surface area contributed by atoms with Gasteiger partial charge in [-0.25, -0.2) is 9.69 Å². The third-order valence-corrected chi connectivity index (χ3v) is 5.69. The third kappa shape index (κ3) is 3.49. The van der Waals surface area contributed by atoms with Crippen molar-refractivity contribution in [2.45, 2.75) is 25.4 Å². The Kier molecular flexibility index (Phi) is 5.15. The summed E-state index contributed by atoms with van der Waals surface area (Å²) in [7, 11) is 0. The number of carbonyl (C=O) groups is 3. The summed E-state index contributed by atoms with van der Waals surface area (Å²) in [6.07, 6.45) is 0. The molecule has 0 aromatic heterocycles. The standard InChI is InChI=1S/C21H20BrN3O5/c1-12(18(26)23-15-6-7-16-17(11-15)30-9-8-29-16)25-19(27)21(2,24-20(25)28)13-4-3-5-14(22)10-13/h3-7,10-12H,8-9H2,1-2H3,(H,23,26)(H,24,28). The van der Waals surface area contributed by atoms with Crippen molar-refractivity contribution < 1.29 is 23.9 Å². The summed E-state index contributed by atoms with van der Waals surface area (Å²) in [6, 6.07) is 10.5. The molecule has 2 aliphatic heterocycles. The van der Waals surface area contributed by atoms with Gasteiger partial charge in [0.1, 0.15) is 24.8 Å². The number of imide groups is 1. The van der Waals surface area contributed by atoms with Crippen molar-refractivity contribution >= 4 is 39.5 Å². The minimum absolute atomic E-state index is 0.428. The van der Waals surface area contributed by atoms with E-state index in [1.54, 1.807) is 43.3 Å². The Bertz CT molecular complexity index is 1040. The van der Waals surface area contributed by atoms with Crippen LogP contribution in [0.15, 0.2) is 46.9 Å². The van der Waals surface area contributed by atoms with Gasteiger partial charge in [-0.1, -0.05) is 28.1 Å². The van der Waals surface area contributed by atoms with Crippen molar-refractivity contribution in [3.8, 4) is 11.5 Å². The lowest BCUT2D eigenvalue weighted by Gasteiger charge is -2.25. The van der Waals surface area contributed by atoms with Gasteiger partial charge in [0.25, 0.3) is 5.91 Å². The van der Waals surface area contributed by atoms with Crippen LogP contribution in [0.4, 0.5) is 10.5 Å². The number of fused-ring (bicyclic) bond motifs is 1. The van der Waals surface area contributed by atoms with Gasteiger partial charge in [-0.15, -0.1) is 0 Å². The zero-order valence-corrected chi connectivity index (χ0v) is 18.0. The van der Waals surface area contributed by atoms with Crippen molar-refractivity contribution in [3.05, 3.63) is 52.5 Å². The van der Waals surface area contributed by atoms with Crippen LogP contribution in [0.25, 0.3) is 0 Å². The first kappa shape index (κ1) is 20.2. The maximum Gasteiger partial charge on any atom is 0.326 e. The number of nitrogens with one attached hydrogen (secondary N) is 2. The van der Waals surface area contributed by atoms with Crippen LogP contribution in [-0.2, 0) is 15.1 Å². The molecular weight excluding hydrogens is 454 g/mol. The molecule has 156 valence electrons. The molecule has 1 fully saturated rings. The zero-order valence-electron chi connectivity index (χ0n) is 16.4. The summed E-state index contributed by atoms with van der Waals surface area (Å²) in [4.78, 5) is 39.5. The highest BCUT2D eigenvalue weighted by atomic mass is 79.9. The second kappa shape index (κ2) is 7.64. The lowest BCUT2D eigenvalue weighted by atomic mass is 9.92. The number of halogens is 1. The first-order valence-corrected chi connectivity index (χ1v) is 10.2. The summed E-state index contributed by atoms with van der Waals surface area (Å²) < 4.78 is 11.8. The molecule has 4 rings (SSSR count). The molecule has 2 atom stereocenters. The summed E-state index contributed by atoms with van der Waals surface area (Å²) >= 11 is 3.38. The van der Waals surface area contributed by atoms with Gasteiger partial charge in [0, 0.05) is 16.2 Å². The van der Waals surface area contributed by atoms with Crippen LogP contribution in [0.3, 0.4) is 0 Å². The fourth-order valence-corrected chi connectivity index (χ4v) is 3.89. The number of hydrogen-bond donors (Lipinski definition) is 2. The molecule has 2 N–H and O–H groups in total. The van der Waals surface area contributed by atoms with E-state index in [4.69, 9.17) is 9.47 Å². The highest BCUT2D eigenvalue weighted by Crippen LogP contribution is 2.34. The van der Waals surface area contributed by atoms with Gasteiger partial charge in [0.05, 0.1) is 0 Å². The van der Waals surface area contributed by atoms with Crippen LogP contribution in [0.2, 0.25) is 0 Å². The van der Waals surface area contributed by atoms with E-state index in [-0.39, 0.29) is 0 Å². The summed E-state index contributed by atoms with van der Waals surface area (Å²) in [5, 5.41) is 5.44. The predicted molar refractivity (Wildman–Crippen MR) is 112 cm³/mol. The van der Waals surface area contributed by atoms with E-state index in [9.17, 15) is 14.4 Å². The average molecular weight is 474 g/mol. The Labute approximate surface area is 181 Å². The van der Waals surface area contributed by atoms with Crippen molar-refractivity contribution in [1.82, 2.24) is 10.2 Å². The molecule has 4 amide bonds. The van der Waals surface area contributed by atoms with Gasteiger partial charge in [-0.3, -0.25) is 9.59 Å².